The van der Waals surface area contributed by atoms with Crippen LogP contribution in [-0.4, -0.2) is 21.8 Å². The zero-order valence-corrected chi connectivity index (χ0v) is 9.93. The van der Waals surface area contributed by atoms with Crippen LogP contribution in [0.1, 0.15) is 25.4 Å². The first-order valence-electron chi connectivity index (χ1n) is 5.02. The summed E-state index contributed by atoms with van der Waals surface area (Å²) in [6.45, 7) is 4.76. The van der Waals surface area contributed by atoms with Crippen molar-refractivity contribution in [2.45, 2.75) is 31.3 Å². The molecule has 0 radical (unpaired) electrons. The first kappa shape index (κ1) is 12.3. The molecule has 0 aromatic carbocycles. The summed E-state index contributed by atoms with van der Waals surface area (Å²) in [5.41, 5.74) is 6.11. The first-order valence-corrected chi connectivity index (χ1v) is 6.07. The van der Waals surface area contributed by atoms with Crippen molar-refractivity contribution in [3.63, 3.8) is 0 Å². The third kappa shape index (κ3) is 4.48. The van der Waals surface area contributed by atoms with Gasteiger partial charge in [-0.05, 0) is 11.8 Å². The minimum atomic E-state index is -0.0900. The van der Waals surface area contributed by atoms with Crippen LogP contribution in [0.4, 0.5) is 0 Å². The fraction of sp³-hybridized carbons (Fsp3) is 0.600. The maximum atomic E-state index is 11.3. The zero-order chi connectivity index (χ0) is 11.3. The quantitative estimate of drug-likeness (QED) is 0.784. The molecule has 0 bridgehead atoms. The SMILES string of the molecule is CC(C)SCc1nc(CCN)cc(=O)[nH]1. The number of thioether (sulfide) groups is 1. The van der Waals surface area contributed by atoms with E-state index in [2.05, 4.69) is 23.8 Å². The Morgan fingerprint density at radius 3 is 2.93 bits per heavy atom. The molecule has 0 aliphatic rings. The van der Waals surface area contributed by atoms with Gasteiger partial charge in [0.05, 0.1) is 5.75 Å². The van der Waals surface area contributed by atoms with Gasteiger partial charge in [-0.2, -0.15) is 11.8 Å². The Morgan fingerprint density at radius 1 is 1.60 bits per heavy atom. The number of aromatic nitrogens is 2. The van der Waals surface area contributed by atoms with Crippen molar-refractivity contribution in [2.24, 2.45) is 5.73 Å². The van der Waals surface area contributed by atoms with E-state index in [9.17, 15) is 4.79 Å². The third-order valence-corrected chi connectivity index (χ3v) is 2.90. The lowest BCUT2D eigenvalue weighted by Gasteiger charge is -2.05. The highest BCUT2D eigenvalue weighted by molar-refractivity contribution is 7.99. The minimum Gasteiger partial charge on any atom is -0.330 e. The summed E-state index contributed by atoms with van der Waals surface area (Å²) in [7, 11) is 0. The molecule has 15 heavy (non-hydrogen) atoms. The molecule has 0 aliphatic carbocycles. The van der Waals surface area contributed by atoms with E-state index < -0.39 is 0 Å². The maximum absolute atomic E-state index is 11.3. The molecule has 1 rings (SSSR count). The van der Waals surface area contributed by atoms with Gasteiger partial charge in [0.15, 0.2) is 0 Å². The Morgan fingerprint density at radius 2 is 2.33 bits per heavy atom. The van der Waals surface area contributed by atoms with Crippen LogP contribution in [0.5, 0.6) is 0 Å². The molecule has 4 nitrogen and oxygen atoms in total. The summed E-state index contributed by atoms with van der Waals surface area (Å²) >= 11 is 1.76. The zero-order valence-electron chi connectivity index (χ0n) is 9.12. The van der Waals surface area contributed by atoms with Gasteiger partial charge in [0.1, 0.15) is 5.82 Å². The van der Waals surface area contributed by atoms with Crippen LogP contribution in [0.3, 0.4) is 0 Å². The Balaban J connectivity index is 2.75. The van der Waals surface area contributed by atoms with Crippen LogP contribution in [0.25, 0.3) is 0 Å². The molecule has 0 spiro atoms. The van der Waals surface area contributed by atoms with Gasteiger partial charge in [-0.15, -0.1) is 0 Å². The predicted molar refractivity (Wildman–Crippen MR) is 64.0 cm³/mol. The Bertz CT molecular complexity index is 362. The summed E-state index contributed by atoms with van der Waals surface area (Å²) in [5, 5.41) is 0.536. The van der Waals surface area contributed by atoms with Gasteiger partial charge in [0.25, 0.3) is 5.56 Å². The molecular formula is C10H17N3OS. The van der Waals surface area contributed by atoms with Crippen molar-refractivity contribution in [1.82, 2.24) is 9.97 Å². The molecule has 0 aliphatic heterocycles. The van der Waals surface area contributed by atoms with Crippen LogP contribution < -0.4 is 11.3 Å². The topological polar surface area (TPSA) is 71.8 Å². The predicted octanol–water partition coefficient (Wildman–Crippen LogP) is 0.913. The first-order chi connectivity index (χ1) is 7.11. The minimum absolute atomic E-state index is 0.0900. The highest BCUT2D eigenvalue weighted by Crippen LogP contribution is 2.13. The molecule has 0 unspecified atom stereocenters. The second kappa shape index (κ2) is 5.92. The second-order valence-corrected chi connectivity index (χ2v) is 5.15. The fourth-order valence-electron chi connectivity index (χ4n) is 1.15. The van der Waals surface area contributed by atoms with Crippen LogP contribution in [0.15, 0.2) is 10.9 Å². The van der Waals surface area contributed by atoms with E-state index in [1.54, 1.807) is 11.8 Å². The summed E-state index contributed by atoms with van der Waals surface area (Å²) < 4.78 is 0. The van der Waals surface area contributed by atoms with Gasteiger partial charge in [0.2, 0.25) is 0 Å². The van der Waals surface area contributed by atoms with Crippen molar-refractivity contribution in [2.75, 3.05) is 6.54 Å². The summed E-state index contributed by atoms with van der Waals surface area (Å²) in [6, 6.07) is 1.51. The molecule has 1 aromatic heterocycles. The average molecular weight is 227 g/mol. The van der Waals surface area contributed by atoms with E-state index in [1.165, 1.54) is 6.07 Å². The Hall–Kier alpha value is -0.810. The molecule has 0 atom stereocenters. The third-order valence-electron chi connectivity index (χ3n) is 1.80. The lowest BCUT2D eigenvalue weighted by Crippen LogP contribution is -2.15. The van der Waals surface area contributed by atoms with Gasteiger partial charge in [0, 0.05) is 18.2 Å². The van der Waals surface area contributed by atoms with Gasteiger partial charge in [-0.25, -0.2) is 4.98 Å². The number of nitrogens with one attached hydrogen (secondary N) is 1. The lowest BCUT2D eigenvalue weighted by atomic mass is 10.3. The fourth-order valence-corrected chi connectivity index (χ4v) is 1.78. The van der Waals surface area contributed by atoms with Gasteiger partial charge < -0.3 is 10.7 Å². The van der Waals surface area contributed by atoms with Crippen LogP contribution >= 0.6 is 11.8 Å². The number of aromatic amines is 1. The van der Waals surface area contributed by atoms with Crippen LogP contribution in [-0.2, 0) is 12.2 Å². The van der Waals surface area contributed by atoms with E-state index in [1.807, 2.05) is 0 Å². The van der Waals surface area contributed by atoms with Crippen molar-refractivity contribution < 1.29 is 0 Å². The largest absolute Gasteiger partial charge is 0.330 e. The maximum Gasteiger partial charge on any atom is 0.251 e. The summed E-state index contributed by atoms with van der Waals surface area (Å²) in [4.78, 5) is 18.4. The molecule has 3 N–H and O–H groups in total. The molecule has 1 heterocycles. The molecule has 5 heteroatoms. The normalized spacial score (nSPS) is 10.9. The number of hydrogen-bond acceptors (Lipinski definition) is 4. The molecular weight excluding hydrogens is 210 g/mol. The number of nitrogens with zero attached hydrogens (tertiary/aromatic N) is 1. The van der Waals surface area contributed by atoms with Gasteiger partial charge in [-0.1, -0.05) is 13.8 Å². The number of rotatable bonds is 5. The number of nitrogens with two attached hydrogens (primary N) is 1. The molecule has 0 saturated heterocycles. The van der Waals surface area contributed by atoms with Crippen LogP contribution in [0.2, 0.25) is 0 Å². The Kier molecular flexibility index (Phi) is 4.84. The second-order valence-electron chi connectivity index (χ2n) is 3.58. The monoisotopic (exact) mass is 227 g/mol. The van der Waals surface area contributed by atoms with E-state index >= 15 is 0 Å². The smallest absolute Gasteiger partial charge is 0.251 e. The molecule has 0 fully saturated rings. The number of hydrogen-bond donors (Lipinski definition) is 2. The molecule has 0 amide bonds. The Labute approximate surface area is 93.7 Å². The molecule has 84 valence electrons. The van der Waals surface area contributed by atoms with E-state index in [0.717, 1.165) is 17.3 Å². The highest BCUT2D eigenvalue weighted by Gasteiger charge is 2.02. The summed E-state index contributed by atoms with van der Waals surface area (Å²) in [6.07, 6.45) is 0.656. The van der Waals surface area contributed by atoms with Crippen LogP contribution in [0, 0.1) is 0 Å². The molecule has 1 aromatic rings. The lowest BCUT2D eigenvalue weighted by molar-refractivity contribution is 0.871. The van der Waals surface area contributed by atoms with E-state index in [4.69, 9.17) is 5.73 Å². The average Bonchev–Trinajstić information content (AvgIpc) is 2.14. The molecule has 0 saturated carbocycles. The van der Waals surface area contributed by atoms with Gasteiger partial charge >= 0.3 is 0 Å². The van der Waals surface area contributed by atoms with Crippen molar-refractivity contribution in [3.8, 4) is 0 Å². The number of H-pyrrole nitrogens is 1. The standard InChI is InChI=1S/C10H17N3OS/c1-7(2)15-6-9-12-8(3-4-11)5-10(14)13-9/h5,7H,3-4,6,11H2,1-2H3,(H,12,13,14). The summed E-state index contributed by atoms with van der Waals surface area (Å²) in [5.74, 6) is 1.48. The van der Waals surface area contributed by atoms with Crippen molar-refractivity contribution in [3.05, 3.63) is 27.9 Å². The highest BCUT2D eigenvalue weighted by atomic mass is 32.2. The van der Waals surface area contributed by atoms with Crippen molar-refractivity contribution in [1.29, 1.82) is 0 Å². The van der Waals surface area contributed by atoms with E-state index in [-0.39, 0.29) is 5.56 Å². The van der Waals surface area contributed by atoms with Gasteiger partial charge in [-0.3, -0.25) is 4.79 Å². The van der Waals surface area contributed by atoms with E-state index in [0.29, 0.717) is 18.2 Å². The van der Waals surface area contributed by atoms with Crippen molar-refractivity contribution >= 4 is 11.8 Å².